The molecule has 1 aromatic heterocycles. The van der Waals surface area contributed by atoms with Gasteiger partial charge in [-0.15, -0.1) is 0 Å². The number of sulfonamides is 1. The molecule has 0 amide bonds. The molecule has 1 heterocycles. The lowest BCUT2D eigenvalue weighted by atomic mass is 10.2. The van der Waals surface area contributed by atoms with Gasteiger partial charge < -0.3 is 15.2 Å². The summed E-state index contributed by atoms with van der Waals surface area (Å²) in [6.45, 7) is 1.82. The minimum atomic E-state index is -3.90. The van der Waals surface area contributed by atoms with Gasteiger partial charge in [0, 0.05) is 12.1 Å². The lowest BCUT2D eigenvalue weighted by Crippen LogP contribution is -2.14. The molecule has 2 aromatic rings. The summed E-state index contributed by atoms with van der Waals surface area (Å²) < 4.78 is 26.4. The highest BCUT2D eigenvalue weighted by Gasteiger charge is 2.18. The minimum absolute atomic E-state index is 0.0258. The molecule has 4 N–H and O–H groups in total. The molecule has 2 rings (SSSR count). The van der Waals surface area contributed by atoms with E-state index in [0.717, 1.165) is 12.1 Å². The van der Waals surface area contributed by atoms with Crippen molar-refractivity contribution in [2.24, 2.45) is 0 Å². The Hall–Kier alpha value is -2.55. The SMILES string of the molecule is CCc1ncc(S(=O)(=O)Nc2ccc(O)c(C(=O)O)c2)[nH]1. The smallest absolute Gasteiger partial charge is 0.339 e. The molecule has 0 spiro atoms. The molecule has 0 unspecified atom stereocenters. The van der Waals surface area contributed by atoms with Crippen LogP contribution in [0.25, 0.3) is 0 Å². The number of benzene rings is 1. The molecular formula is C12H13N3O5S. The van der Waals surface area contributed by atoms with Crippen LogP contribution in [0, 0.1) is 0 Å². The summed E-state index contributed by atoms with van der Waals surface area (Å²) in [4.78, 5) is 17.4. The second-order valence-corrected chi connectivity index (χ2v) is 5.84. The van der Waals surface area contributed by atoms with Crippen LogP contribution in [0.1, 0.15) is 23.1 Å². The summed E-state index contributed by atoms with van der Waals surface area (Å²) in [5, 5.41) is 18.1. The average Bonchev–Trinajstić information content (AvgIpc) is 2.90. The predicted molar refractivity (Wildman–Crippen MR) is 73.8 cm³/mol. The number of imidazole rings is 1. The lowest BCUT2D eigenvalue weighted by molar-refractivity contribution is 0.0694. The minimum Gasteiger partial charge on any atom is -0.507 e. The largest absolute Gasteiger partial charge is 0.507 e. The molecule has 112 valence electrons. The van der Waals surface area contributed by atoms with Crippen molar-refractivity contribution in [1.82, 2.24) is 9.97 Å². The standard InChI is InChI=1S/C12H13N3O5S/c1-2-10-13-6-11(14-10)21(19,20)15-7-3-4-9(16)8(5-7)12(17)18/h3-6,15-16H,2H2,1H3,(H,13,14)(H,17,18). The van der Waals surface area contributed by atoms with Gasteiger partial charge in [0.25, 0.3) is 10.0 Å². The summed E-state index contributed by atoms with van der Waals surface area (Å²) in [6.07, 6.45) is 1.73. The number of anilines is 1. The van der Waals surface area contributed by atoms with Gasteiger partial charge >= 0.3 is 5.97 Å². The summed E-state index contributed by atoms with van der Waals surface area (Å²) in [5.74, 6) is -1.28. The number of phenols is 1. The van der Waals surface area contributed by atoms with Crippen molar-refractivity contribution >= 4 is 21.7 Å². The van der Waals surface area contributed by atoms with Crippen LogP contribution in [-0.4, -0.2) is 34.6 Å². The van der Waals surface area contributed by atoms with E-state index in [-0.39, 0.29) is 10.7 Å². The van der Waals surface area contributed by atoms with Crippen molar-refractivity contribution in [3.05, 3.63) is 35.8 Å². The van der Waals surface area contributed by atoms with E-state index in [9.17, 15) is 18.3 Å². The first-order valence-electron chi connectivity index (χ1n) is 5.96. The Kier molecular flexibility index (Phi) is 3.85. The van der Waals surface area contributed by atoms with Gasteiger partial charge in [-0.05, 0) is 18.2 Å². The van der Waals surface area contributed by atoms with E-state index in [0.29, 0.717) is 12.2 Å². The molecule has 21 heavy (non-hydrogen) atoms. The van der Waals surface area contributed by atoms with Crippen molar-refractivity contribution in [2.45, 2.75) is 18.4 Å². The van der Waals surface area contributed by atoms with Crippen LogP contribution in [-0.2, 0) is 16.4 Å². The number of nitrogens with one attached hydrogen (secondary N) is 2. The molecule has 0 aliphatic carbocycles. The van der Waals surface area contributed by atoms with E-state index in [1.54, 1.807) is 0 Å². The highest BCUT2D eigenvalue weighted by atomic mass is 32.2. The van der Waals surface area contributed by atoms with Crippen LogP contribution < -0.4 is 4.72 Å². The van der Waals surface area contributed by atoms with E-state index in [4.69, 9.17) is 5.11 Å². The van der Waals surface area contributed by atoms with Crippen LogP contribution in [0.2, 0.25) is 0 Å². The Morgan fingerprint density at radius 3 is 2.71 bits per heavy atom. The number of carbonyl (C=O) groups is 1. The summed E-state index contributed by atoms with van der Waals surface area (Å²) >= 11 is 0. The van der Waals surface area contributed by atoms with E-state index < -0.39 is 27.3 Å². The van der Waals surface area contributed by atoms with Crippen LogP contribution in [0.3, 0.4) is 0 Å². The molecule has 0 aliphatic rings. The van der Waals surface area contributed by atoms with Gasteiger partial charge in [0.15, 0.2) is 5.03 Å². The number of hydrogen-bond donors (Lipinski definition) is 4. The molecule has 8 nitrogen and oxygen atoms in total. The fraction of sp³-hybridized carbons (Fsp3) is 0.167. The van der Waals surface area contributed by atoms with Crippen LogP contribution in [0.5, 0.6) is 5.75 Å². The zero-order valence-corrected chi connectivity index (χ0v) is 11.8. The highest BCUT2D eigenvalue weighted by molar-refractivity contribution is 7.92. The number of rotatable bonds is 5. The molecule has 0 bridgehead atoms. The van der Waals surface area contributed by atoms with Gasteiger partial charge in [0.05, 0.1) is 6.20 Å². The van der Waals surface area contributed by atoms with Crippen molar-refractivity contribution in [1.29, 1.82) is 0 Å². The van der Waals surface area contributed by atoms with Crippen molar-refractivity contribution in [3.8, 4) is 5.75 Å². The Morgan fingerprint density at radius 1 is 1.43 bits per heavy atom. The van der Waals surface area contributed by atoms with E-state index in [1.165, 1.54) is 12.3 Å². The molecular weight excluding hydrogens is 298 g/mol. The molecule has 0 fully saturated rings. The molecule has 9 heteroatoms. The average molecular weight is 311 g/mol. The van der Waals surface area contributed by atoms with Crippen LogP contribution in [0.4, 0.5) is 5.69 Å². The number of aromatic nitrogens is 2. The second-order valence-electron chi connectivity index (χ2n) is 4.19. The lowest BCUT2D eigenvalue weighted by Gasteiger charge is -2.08. The predicted octanol–water partition coefficient (Wildman–Crippen LogP) is 1.18. The van der Waals surface area contributed by atoms with Crippen LogP contribution in [0.15, 0.2) is 29.4 Å². The number of aromatic amines is 1. The number of H-pyrrole nitrogens is 1. The maximum atomic E-state index is 12.1. The number of hydrogen-bond acceptors (Lipinski definition) is 5. The summed E-state index contributed by atoms with van der Waals surface area (Å²) in [7, 11) is -3.90. The number of aryl methyl sites for hydroxylation is 1. The Bertz CT molecular complexity index is 782. The summed E-state index contributed by atoms with van der Waals surface area (Å²) in [5.41, 5.74) is -0.369. The van der Waals surface area contributed by atoms with Gasteiger partial charge in [-0.25, -0.2) is 9.78 Å². The normalized spacial score (nSPS) is 11.3. The third-order valence-corrected chi connectivity index (χ3v) is 4.00. The van der Waals surface area contributed by atoms with Crippen molar-refractivity contribution in [3.63, 3.8) is 0 Å². The van der Waals surface area contributed by atoms with E-state index >= 15 is 0 Å². The first kappa shape index (κ1) is 14.9. The molecule has 0 radical (unpaired) electrons. The Morgan fingerprint density at radius 2 is 2.14 bits per heavy atom. The first-order chi connectivity index (χ1) is 9.83. The zero-order valence-electron chi connectivity index (χ0n) is 11.0. The topological polar surface area (TPSA) is 132 Å². The molecule has 0 aliphatic heterocycles. The van der Waals surface area contributed by atoms with E-state index in [1.807, 2.05) is 6.92 Å². The number of aromatic carboxylic acids is 1. The first-order valence-corrected chi connectivity index (χ1v) is 7.45. The van der Waals surface area contributed by atoms with Crippen LogP contribution >= 0.6 is 0 Å². The Balaban J connectivity index is 2.32. The monoisotopic (exact) mass is 311 g/mol. The molecule has 0 saturated carbocycles. The number of carboxylic acids is 1. The molecule has 0 saturated heterocycles. The van der Waals surface area contributed by atoms with Gasteiger partial charge in [-0.2, -0.15) is 8.42 Å². The molecule has 1 aromatic carbocycles. The fourth-order valence-corrected chi connectivity index (χ4v) is 2.63. The molecule has 0 atom stereocenters. The summed E-state index contributed by atoms with van der Waals surface area (Å²) in [6, 6.07) is 3.40. The van der Waals surface area contributed by atoms with Crippen molar-refractivity contribution in [2.75, 3.05) is 4.72 Å². The highest BCUT2D eigenvalue weighted by Crippen LogP contribution is 2.23. The fourth-order valence-electron chi connectivity index (χ4n) is 1.64. The Labute approximate surface area is 120 Å². The van der Waals surface area contributed by atoms with Gasteiger partial charge in [-0.3, -0.25) is 4.72 Å². The third-order valence-electron chi connectivity index (χ3n) is 2.71. The number of nitrogens with zero attached hydrogens (tertiary/aromatic N) is 1. The van der Waals surface area contributed by atoms with Gasteiger partial charge in [-0.1, -0.05) is 6.92 Å². The van der Waals surface area contributed by atoms with Gasteiger partial charge in [0.2, 0.25) is 0 Å². The van der Waals surface area contributed by atoms with E-state index in [2.05, 4.69) is 14.7 Å². The maximum absolute atomic E-state index is 12.1. The number of aromatic hydroxyl groups is 1. The number of carboxylic acid groups (broad SMARTS) is 1. The maximum Gasteiger partial charge on any atom is 0.339 e. The second kappa shape index (κ2) is 5.44. The zero-order chi connectivity index (χ0) is 15.6. The third kappa shape index (κ3) is 3.14. The quantitative estimate of drug-likeness (QED) is 0.613. The van der Waals surface area contributed by atoms with Crippen molar-refractivity contribution < 1.29 is 23.4 Å². The van der Waals surface area contributed by atoms with Gasteiger partial charge in [0.1, 0.15) is 17.1 Å².